The Kier molecular flexibility index (Phi) is 3.61. The second-order valence-electron chi connectivity index (χ2n) is 10.0. The van der Waals surface area contributed by atoms with Crippen LogP contribution >= 0.6 is 22.7 Å². The van der Waals surface area contributed by atoms with Crippen molar-refractivity contribution in [2.24, 2.45) is 0 Å². The third-order valence-electron chi connectivity index (χ3n) is 7.44. The van der Waals surface area contributed by atoms with Crippen LogP contribution in [0.2, 0.25) is 0 Å². The minimum absolute atomic E-state index is 0.693. The first-order valence-electron chi connectivity index (χ1n) is 12.3. The van der Waals surface area contributed by atoms with Crippen LogP contribution in [0.5, 0.6) is 0 Å². The Hall–Kier alpha value is -4.00. The van der Waals surface area contributed by atoms with Crippen molar-refractivity contribution in [3.8, 4) is 5.69 Å². The zero-order chi connectivity index (χ0) is 24.6. The van der Waals surface area contributed by atoms with E-state index in [4.69, 9.17) is 13.3 Å². The van der Waals surface area contributed by atoms with Gasteiger partial charge in [0.25, 0.3) is 0 Å². The summed E-state index contributed by atoms with van der Waals surface area (Å²) in [5, 5.41) is 2.35. The molecule has 6 heterocycles. The molecule has 0 unspecified atom stereocenters. The number of thiophene rings is 2. The van der Waals surface area contributed by atoms with E-state index in [0.717, 1.165) is 48.3 Å². The first kappa shape index (κ1) is 20.1. The number of aromatic nitrogens is 1. The van der Waals surface area contributed by atoms with Crippen LogP contribution in [0.1, 0.15) is 16.7 Å². The number of hydrogen-bond acceptors (Lipinski definition) is 5. The van der Waals surface area contributed by atoms with Crippen LogP contribution in [0, 0.1) is 20.8 Å². The molecular formula is C31H19NO3S2. The molecule has 0 saturated heterocycles. The maximum atomic E-state index is 6.64. The van der Waals surface area contributed by atoms with Gasteiger partial charge in [-0.1, -0.05) is 35.9 Å². The van der Waals surface area contributed by atoms with Gasteiger partial charge in [0.15, 0.2) is 22.3 Å². The maximum absolute atomic E-state index is 6.64. The highest BCUT2D eigenvalue weighted by molar-refractivity contribution is 7.27. The van der Waals surface area contributed by atoms with Gasteiger partial charge < -0.3 is 17.8 Å². The zero-order valence-electron chi connectivity index (χ0n) is 20.3. The molecule has 0 bridgehead atoms. The monoisotopic (exact) mass is 517 g/mol. The van der Waals surface area contributed by atoms with Crippen molar-refractivity contribution in [3.05, 3.63) is 77.4 Å². The molecule has 0 aliphatic heterocycles. The summed E-state index contributed by atoms with van der Waals surface area (Å²) in [6.45, 7) is 6.37. The first-order valence-corrected chi connectivity index (χ1v) is 13.9. The molecule has 0 N–H and O–H groups in total. The van der Waals surface area contributed by atoms with Gasteiger partial charge in [0.2, 0.25) is 11.2 Å². The highest BCUT2D eigenvalue weighted by atomic mass is 32.1. The van der Waals surface area contributed by atoms with Gasteiger partial charge in [0.1, 0.15) is 14.9 Å². The van der Waals surface area contributed by atoms with Crippen molar-refractivity contribution in [1.29, 1.82) is 0 Å². The Morgan fingerprint density at radius 3 is 1.95 bits per heavy atom. The molecule has 0 amide bonds. The van der Waals surface area contributed by atoms with Gasteiger partial charge in [-0.3, -0.25) is 0 Å². The van der Waals surface area contributed by atoms with E-state index in [9.17, 15) is 0 Å². The maximum Gasteiger partial charge on any atom is 0.218 e. The van der Waals surface area contributed by atoms with Crippen LogP contribution in [0.3, 0.4) is 0 Å². The van der Waals surface area contributed by atoms with Crippen LogP contribution in [-0.4, -0.2) is 4.57 Å². The molecular weight excluding hydrogens is 498 g/mol. The first-order chi connectivity index (χ1) is 18.0. The van der Waals surface area contributed by atoms with Gasteiger partial charge in [-0.2, -0.15) is 0 Å². The fraction of sp³-hybridized carbons (Fsp3) is 0.0968. The lowest BCUT2D eigenvalue weighted by Gasteiger charge is -2.08. The number of aryl methyl sites for hydroxylation is 3. The molecule has 178 valence electrons. The van der Waals surface area contributed by atoms with Crippen LogP contribution in [0.15, 0.2) is 73.9 Å². The van der Waals surface area contributed by atoms with E-state index in [1.165, 1.54) is 37.0 Å². The second kappa shape index (κ2) is 6.65. The number of fused-ring (bicyclic) bond motifs is 13. The molecule has 37 heavy (non-hydrogen) atoms. The van der Waals surface area contributed by atoms with Crippen molar-refractivity contribution in [1.82, 2.24) is 4.57 Å². The van der Waals surface area contributed by atoms with Gasteiger partial charge in [0.05, 0.1) is 10.2 Å². The molecule has 0 fully saturated rings. The van der Waals surface area contributed by atoms with Crippen molar-refractivity contribution >= 4 is 96.8 Å². The van der Waals surface area contributed by atoms with Crippen LogP contribution in [0.25, 0.3) is 79.8 Å². The predicted molar refractivity (Wildman–Crippen MR) is 155 cm³/mol. The number of rotatable bonds is 1. The Morgan fingerprint density at radius 1 is 0.541 bits per heavy atom. The second-order valence-corrected chi connectivity index (χ2v) is 12.1. The SMILES string of the molecule is Cc1ccc(-n2c3cc(C)ccc3c3sc4c5oc6c(oc7c8ccc(C)cc8sc76)c5oc4c32)cc1. The smallest absolute Gasteiger partial charge is 0.218 e. The molecule has 0 aliphatic rings. The lowest BCUT2D eigenvalue weighted by atomic mass is 10.2. The lowest BCUT2D eigenvalue weighted by molar-refractivity contribution is 0.637. The summed E-state index contributed by atoms with van der Waals surface area (Å²) >= 11 is 3.45. The summed E-state index contributed by atoms with van der Waals surface area (Å²) in [4.78, 5) is 0. The number of hydrogen-bond donors (Lipinski definition) is 0. The summed E-state index contributed by atoms with van der Waals surface area (Å²) < 4.78 is 26.4. The van der Waals surface area contributed by atoms with Crippen LogP contribution in [-0.2, 0) is 0 Å². The predicted octanol–water partition coefficient (Wildman–Crippen LogP) is 10.4. The summed E-state index contributed by atoms with van der Waals surface area (Å²) in [5.41, 5.74) is 11.8. The topological polar surface area (TPSA) is 44.4 Å². The molecule has 9 rings (SSSR count). The zero-order valence-corrected chi connectivity index (χ0v) is 21.9. The summed E-state index contributed by atoms with van der Waals surface area (Å²) in [5.74, 6) is 0. The fourth-order valence-electron chi connectivity index (χ4n) is 5.66. The van der Waals surface area contributed by atoms with Crippen molar-refractivity contribution in [2.45, 2.75) is 20.8 Å². The number of furan rings is 3. The average Bonchev–Trinajstić information content (AvgIpc) is 3.67. The summed E-state index contributed by atoms with van der Waals surface area (Å²) in [6.07, 6.45) is 0. The Bertz CT molecular complexity index is 2380. The van der Waals surface area contributed by atoms with E-state index in [0.29, 0.717) is 11.2 Å². The minimum atomic E-state index is 0.693. The lowest BCUT2D eigenvalue weighted by Crippen LogP contribution is -1.93. The standard InChI is InChI=1S/C31H19NO3S2/c1-14-4-8-17(9-5-14)32-20-12-15(2)6-10-18(20)29-22(32)24-31(37-29)28-26(34-24)25-27(35-28)30-23(33-25)19-11-7-16(3)13-21(19)36-30/h4-13H,1-3H3. The summed E-state index contributed by atoms with van der Waals surface area (Å²) in [6, 6.07) is 21.8. The van der Waals surface area contributed by atoms with E-state index in [1.807, 2.05) is 0 Å². The molecule has 6 aromatic heterocycles. The molecule has 4 nitrogen and oxygen atoms in total. The third kappa shape index (κ3) is 2.47. The van der Waals surface area contributed by atoms with Gasteiger partial charge >= 0.3 is 0 Å². The molecule has 0 atom stereocenters. The molecule has 3 aromatic carbocycles. The van der Waals surface area contributed by atoms with Gasteiger partial charge in [-0.05, 0) is 62.2 Å². The van der Waals surface area contributed by atoms with Crippen LogP contribution < -0.4 is 0 Å². The normalized spacial score (nSPS) is 12.7. The van der Waals surface area contributed by atoms with E-state index < -0.39 is 0 Å². The van der Waals surface area contributed by atoms with Gasteiger partial charge in [0, 0.05) is 21.2 Å². The van der Waals surface area contributed by atoms with Crippen molar-refractivity contribution in [2.75, 3.05) is 0 Å². The van der Waals surface area contributed by atoms with Crippen LogP contribution in [0.4, 0.5) is 0 Å². The largest absolute Gasteiger partial charge is 0.447 e. The third-order valence-corrected chi connectivity index (χ3v) is 9.76. The highest BCUT2D eigenvalue weighted by Gasteiger charge is 2.28. The van der Waals surface area contributed by atoms with E-state index in [1.54, 1.807) is 22.7 Å². The minimum Gasteiger partial charge on any atom is -0.447 e. The van der Waals surface area contributed by atoms with E-state index >= 15 is 0 Å². The Morgan fingerprint density at radius 2 is 1.16 bits per heavy atom. The molecule has 0 radical (unpaired) electrons. The van der Waals surface area contributed by atoms with Crippen molar-refractivity contribution in [3.63, 3.8) is 0 Å². The molecule has 0 spiro atoms. The number of benzene rings is 3. The quantitative estimate of drug-likeness (QED) is 0.217. The average molecular weight is 518 g/mol. The van der Waals surface area contributed by atoms with Crippen molar-refractivity contribution < 1.29 is 13.3 Å². The molecule has 6 heteroatoms. The Labute approximate surface area is 217 Å². The highest BCUT2D eigenvalue weighted by Crippen LogP contribution is 2.51. The molecule has 9 aromatic rings. The fourth-order valence-corrected chi connectivity index (χ4v) is 8.09. The van der Waals surface area contributed by atoms with Gasteiger partial charge in [-0.25, -0.2) is 0 Å². The van der Waals surface area contributed by atoms with Gasteiger partial charge in [-0.15, -0.1) is 22.7 Å². The molecule has 0 saturated carbocycles. The number of nitrogens with zero attached hydrogens (tertiary/aromatic N) is 1. The Balaban J connectivity index is 1.41. The van der Waals surface area contributed by atoms with E-state index in [-0.39, 0.29) is 0 Å². The summed E-state index contributed by atoms with van der Waals surface area (Å²) in [7, 11) is 0. The van der Waals surface area contributed by atoms with E-state index in [2.05, 4.69) is 86.0 Å². The molecule has 0 aliphatic carbocycles.